The van der Waals surface area contributed by atoms with Crippen LogP contribution < -0.4 is 0 Å². The standard InChI is InChI=1S/C11H8FN5O2/c1-19-11(18)9-10(17-5-13-15-16-17)7-4-6(12)2-3-8(7)14-9/h2-5,14H,1H3. The van der Waals surface area contributed by atoms with E-state index in [1.165, 1.54) is 36.3 Å². The Hall–Kier alpha value is -2.77. The van der Waals surface area contributed by atoms with Crippen LogP contribution in [0.2, 0.25) is 0 Å². The topological polar surface area (TPSA) is 85.7 Å². The molecule has 0 aliphatic rings. The van der Waals surface area contributed by atoms with Gasteiger partial charge in [-0.1, -0.05) is 0 Å². The third-order valence-corrected chi connectivity index (χ3v) is 2.70. The SMILES string of the molecule is COC(=O)c1[nH]c2ccc(F)cc2c1-n1cnnn1. The highest BCUT2D eigenvalue weighted by molar-refractivity contribution is 6.02. The molecule has 1 aromatic carbocycles. The van der Waals surface area contributed by atoms with Crippen LogP contribution in [0.5, 0.6) is 0 Å². The Kier molecular flexibility index (Phi) is 2.48. The van der Waals surface area contributed by atoms with Crippen LogP contribution in [0, 0.1) is 5.82 Å². The van der Waals surface area contributed by atoms with Crippen molar-refractivity contribution >= 4 is 16.9 Å². The lowest BCUT2D eigenvalue weighted by Gasteiger charge is -2.01. The highest BCUT2D eigenvalue weighted by Gasteiger charge is 2.21. The molecule has 0 saturated carbocycles. The molecule has 0 saturated heterocycles. The summed E-state index contributed by atoms with van der Waals surface area (Å²) in [4.78, 5) is 14.6. The van der Waals surface area contributed by atoms with Crippen molar-refractivity contribution in [3.63, 3.8) is 0 Å². The Balaban J connectivity index is 2.36. The van der Waals surface area contributed by atoms with E-state index in [9.17, 15) is 9.18 Å². The Morgan fingerprint density at radius 3 is 3.00 bits per heavy atom. The molecule has 1 N–H and O–H groups in total. The highest BCUT2D eigenvalue weighted by atomic mass is 19.1. The smallest absolute Gasteiger partial charge is 0.356 e. The number of H-pyrrole nitrogens is 1. The van der Waals surface area contributed by atoms with E-state index in [1.807, 2.05) is 0 Å². The predicted molar refractivity (Wildman–Crippen MR) is 62.3 cm³/mol. The number of benzene rings is 1. The summed E-state index contributed by atoms with van der Waals surface area (Å²) in [5, 5.41) is 11.2. The number of carbonyl (C=O) groups is 1. The van der Waals surface area contributed by atoms with Crippen LogP contribution in [0.4, 0.5) is 4.39 Å². The van der Waals surface area contributed by atoms with Gasteiger partial charge in [0.05, 0.1) is 7.11 Å². The number of hydrogen-bond donors (Lipinski definition) is 1. The number of nitrogens with zero attached hydrogens (tertiary/aromatic N) is 4. The molecule has 0 aliphatic heterocycles. The summed E-state index contributed by atoms with van der Waals surface area (Å²) in [5.41, 5.74) is 1.11. The molecule has 0 radical (unpaired) electrons. The lowest BCUT2D eigenvalue weighted by molar-refractivity contribution is 0.0595. The van der Waals surface area contributed by atoms with E-state index in [-0.39, 0.29) is 5.69 Å². The molecule has 0 amide bonds. The van der Waals surface area contributed by atoms with Crippen LogP contribution >= 0.6 is 0 Å². The van der Waals surface area contributed by atoms with Crippen molar-refractivity contribution in [1.82, 2.24) is 25.2 Å². The number of rotatable bonds is 2. The van der Waals surface area contributed by atoms with Crippen molar-refractivity contribution in [3.8, 4) is 5.69 Å². The number of ether oxygens (including phenoxy) is 1. The predicted octanol–water partition coefficient (Wildman–Crippen LogP) is 1.07. The normalized spacial score (nSPS) is 10.8. The van der Waals surface area contributed by atoms with Crippen molar-refractivity contribution in [3.05, 3.63) is 36.0 Å². The maximum atomic E-state index is 13.4. The Morgan fingerprint density at radius 2 is 2.32 bits per heavy atom. The fraction of sp³-hybridized carbons (Fsp3) is 0.0909. The number of aromatic amines is 1. The lowest BCUT2D eigenvalue weighted by atomic mass is 10.2. The summed E-state index contributed by atoms with van der Waals surface area (Å²) >= 11 is 0. The average Bonchev–Trinajstić information content (AvgIpc) is 3.03. The molecule has 96 valence electrons. The molecule has 0 atom stereocenters. The molecular weight excluding hydrogens is 253 g/mol. The van der Waals surface area contributed by atoms with Gasteiger partial charge in [0.15, 0.2) is 5.69 Å². The van der Waals surface area contributed by atoms with Crippen LogP contribution in [-0.4, -0.2) is 38.3 Å². The Morgan fingerprint density at radius 1 is 1.47 bits per heavy atom. The van der Waals surface area contributed by atoms with Gasteiger partial charge in [-0.3, -0.25) is 0 Å². The Bertz CT molecular complexity index is 750. The van der Waals surface area contributed by atoms with Crippen LogP contribution in [0.25, 0.3) is 16.6 Å². The molecule has 3 rings (SSSR count). The van der Waals surface area contributed by atoms with Crippen molar-refractivity contribution in [1.29, 1.82) is 0 Å². The first kappa shape index (κ1) is 11.3. The maximum Gasteiger partial charge on any atom is 0.356 e. The molecule has 0 bridgehead atoms. The summed E-state index contributed by atoms with van der Waals surface area (Å²) < 4.78 is 19.3. The second kappa shape index (κ2) is 4.16. The van der Waals surface area contributed by atoms with Crippen LogP contribution in [0.3, 0.4) is 0 Å². The fourth-order valence-electron chi connectivity index (χ4n) is 1.90. The van der Waals surface area contributed by atoms with Gasteiger partial charge in [0.1, 0.15) is 17.8 Å². The van der Waals surface area contributed by atoms with Gasteiger partial charge in [0, 0.05) is 10.9 Å². The van der Waals surface area contributed by atoms with Gasteiger partial charge in [-0.25, -0.2) is 9.18 Å². The molecule has 0 spiro atoms. The summed E-state index contributed by atoms with van der Waals surface area (Å²) in [7, 11) is 1.26. The van der Waals surface area contributed by atoms with Crippen LogP contribution in [0.1, 0.15) is 10.5 Å². The zero-order valence-electron chi connectivity index (χ0n) is 9.79. The second-order valence-corrected chi connectivity index (χ2v) is 3.78. The molecule has 8 heteroatoms. The van der Waals surface area contributed by atoms with E-state index in [4.69, 9.17) is 0 Å². The molecule has 2 aromatic heterocycles. The number of nitrogens with one attached hydrogen (secondary N) is 1. The number of aromatic nitrogens is 5. The van der Waals surface area contributed by atoms with E-state index in [0.29, 0.717) is 16.6 Å². The van der Waals surface area contributed by atoms with E-state index in [0.717, 1.165) is 0 Å². The van der Waals surface area contributed by atoms with Gasteiger partial charge in [-0.2, -0.15) is 4.68 Å². The highest BCUT2D eigenvalue weighted by Crippen LogP contribution is 2.26. The number of methoxy groups -OCH3 is 1. The number of fused-ring (bicyclic) bond motifs is 1. The lowest BCUT2D eigenvalue weighted by Crippen LogP contribution is -2.07. The van der Waals surface area contributed by atoms with Crippen LogP contribution in [-0.2, 0) is 4.74 Å². The molecule has 19 heavy (non-hydrogen) atoms. The summed E-state index contributed by atoms with van der Waals surface area (Å²) in [5.74, 6) is -1.00. The fourth-order valence-corrected chi connectivity index (χ4v) is 1.90. The van der Waals surface area contributed by atoms with Crippen molar-refractivity contribution in [2.45, 2.75) is 0 Å². The molecule has 3 aromatic rings. The third kappa shape index (κ3) is 1.73. The van der Waals surface area contributed by atoms with Crippen molar-refractivity contribution in [2.75, 3.05) is 7.11 Å². The first-order valence-corrected chi connectivity index (χ1v) is 5.33. The first-order valence-electron chi connectivity index (χ1n) is 5.33. The van der Waals surface area contributed by atoms with Crippen LogP contribution in [0.15, 0.2) is 24.5 Å². The summed E-state index contributed by atoms with van der Waals surface area (Å²) in [6, 6.07) is 4.13. The minimum atomic E-state index is -0.581. The monoisotopic (exact) mass is 261 g/mol. The Labute approximate surface area is 106 Å². The number of tetrazole rings is 1. The maximum absolute atomic E-state index is 13.4. The molecular formula is C11H8FN5O2. The zero-order valence-corrected chi connectivity index (χ0v) is 9.79. The van der Waals surface area contributed by atoms with Gasteiger partial charge in [0.25, 0.3) is 0 Å². The average molecular weight is 261 g/mol. The molecule has 0 unspecified atom stereocenters. The number of esters is 1. The van der Waals surface area contributed by atoms with Gasteiger partial charge >= 0.3 is 5.97 Å². The largest absolute Gasteiger partial charge is 0.464 e. The quantitative estimate of drug-likeness (QED) is 0.697. The summed E-state index contributed by atoms with van der Waals surface area (Å²) in [6.45, 7) is 0. The first-order chi connectivity index (χ1) is 9.20. The van der Waals surface area contributed by atoms with Gasteiger partial charge in [0.2, 0.25) is 0 Å². The summed E-state index contributed by atoms with van der Waals surface area (Å²) in [6.07, 6.45) is 1.32. The van der Waals surface area contributed by atoms with E-state index in [2.05, 4.69) is 25.2 Å². The number of halogens is 1. The minimum Gasteiger partial charge on any atom is -0.464 e. The van der Waals surface area contributed by atoms with E-state index in [1.54, 1.807) is 0 Å². The molecule has 2 heterocycles. The zero-order chi connectivity index (χ0) is 13.4. The second-order valence-electron chi connectivity index (χ2n) is 3.78. The van der Waals surface area contributed by atoms with Gasteiger partial charge in [-0.15, -0.1) is 5.10 Å². The molecule has 0 fully saturated rings. The number of hydrogen-bond acceptors (Lipinski definition) is 5. The van der Waals surface area contributed by atoms with Crippen molar-refractivity contribution < 1.29 is 13.9 Å². The number of carbonyl (C=O) groups excluding carboxylic acids is 1. The van der Waals surface area contributed by atoms with Crippen molar-refractivity contribution in [2.24, 2.45) is 0 Å². The van der Waals surface area contributed by atoms with E-state index >= 15 is 0 Å². The minimum absolute atomic E-state index is 0.162. The third-order valence-electron chi connectivity index (χ3n) is 2.70. The molecule has 0 aliphatic carbocycles. The van der Waals surface area contributed by atoms with E-state index < -0.39 is 11.8 Å². The van der Waals surface area contributed by atoms with Gasteiger partial charge in [-0.05, 0) is 28.6 Å². The van der Waals surface area contributed by atoms with Gasteiger partial charge < -0.3 is 9.72 Å². The molecule has 7 nitrogen and oxygen atoms in total.